The molecule has 0 fully saturated rings. The highest BCUT2D eigenvalue weighted by Gasteiger charge is 2.13. The third-order valence-electron chi connectivity index (χ3n) is 5.23. The average Bonchev–Trinajstić information content (AvgIpc) is 2.83. The first-order chi connectivity index (χ1) is 15.6. The van der Waals surface area contributed by atoms with Crippen LogP contribution in [0.2, 0.25) is 0 Å². The van der Waals surface area contributed by atoms with E-state index in [2.05, 4.69) is 10.6 Å². The van der Waals surface area contributed by atoms with Crippen LogP contribution in [-0.4, -0.2) is 30.3 Å². The number of hydrogen-bond acceptors (Lipinski definition) is 3. The topological polar surface area (TPSA) is 61.4 Å². The molecule has 0 aliphatic rings. The summed E-state index contributed by atoms with van der Waals surface area (Å²) in [5.41, 5.74) is 3.09. The zero-order valence-corrected chi connectivity index (χ0v) is 17.9. The minimum atomic E-state index is -0.180. The Morgan fingerprint density at radius 3 is 2.38 bits per heavy atom. The third kappa shape index (κ3) is 5.13. The molecule has 0 aromatic heterocycles. The van der Waals surface area contributed by atoms with Crippen LogP contribution < -0.4 is 10.6 Å². The summed E-state index contributed by atoms with van der Waals surface area (Å²) in [6.07, 6.45) is 0. The molecule has 0 aliphatic heterocycles. The summed E-state index contributed by atoms with van der Waals surface area (Å²) in [4.78, 5) is 27.0. The van der Waals surface area contributed by atoms with Gasteiger partial charge in [0.1, 0.15) is 0 Å². The lowest BCUT2D eigenvalue weighted by atomic mass is 10.1. The van der Waals surface area contributed by atoms with E-state index in [1.165, 1.54) is 0 Å². The van der Waals surface area contributed by atoms with Gasteiger partial charge in [-0.25, -0.2) is 0 Å². The number of benzene rings is 4. The van der Waals surface area contributed by atoms with Crippen LogP contribution in [0.3, 0.4) is 0 Å². The van der Waals surface area contributed by atoms with E-state index in [0.29, 0.717) is 17.8 Å². The second-order valence-corrected chi connectivity index (χ2v) is 7.66. The summed E-state index contributed by atoms with van der Waals surface area (Å²) in [5, 5.41) is 8.26. The summed E-state index contributed by atoms with van der Waals surface area (Å²) >= 11 is 0. The Bertz CT molecular complexity index is 1230. The highest BCUT2D eigenvalue weighted by molar-refractivity contribution is 5.99. The van der Waals surface area contributed by atoms with E-state index in [-0.39, 0.29) is 18.4 Å². The molecule has 32 heavy (non-hydrogen) atoms. The highest BCUT2D eigenvalue weighted by Crippen LogP contribution is 2.22. The molecule has 0 aliphatic carbocycles. The maximum absolute atomic E-state index is 12.8. The van der Waals surface area contributed by atoms with Crippen molar-refractivity contribution in [2.75, 3.05) is 24.2 Å². The lowest BCUT2D eigenvalue weighted by Gasteiger charge is -2.18. The molecule has 0 heterocycles. The van der Waals surface area contributed by atoms with Gasteiger partial charge in [-0.3, -0.25) is 9.59 Å². The number of carbonyl (C=O) groups excluding carboxylic acids is 2. The Morgan fingerprint density at radius 1 is 0.812 bits per heavy atom. The fourth-order valence-electron chi connectivity index (χ4n) is 3.64. The number of anilines is 2. The van der Waals surface area contributed by atoms with Crippen LogP contribution in [0, 0.1) is 0 Å². The molecule has 2 N–H and O–H groups in total. The lowest BCUT2D eigenvalue weighted by molar-refractivity contribution is -0.114. The van der Waals surface area contributed by atoms with Crippen molar-refractivity contribution in [1.82, 2.24) is 4.90 Å². The molecule has 0 radical (unpaired) electrons. The monoisotopic (exact) mass is 423 g/mol. The van der Waals surface area contributed by atoms with Crippen LogP contribution >= 0.6 is 0 Å². The number of hydrogen-bond donors (Lipinski definition) is 2. The number of nitrogens with one attached hydrogen (secondary N) is 2. The van der Waals surface area contributed by atoms with Gasteiger partial charge < -0.3 is 15.5 Å². The van der Waals surface area contributed by atoms with Crippen LogP contribution in [-0.2, 0) is 11.3 Å². The Morgan fingerprint density at radius 2 is 1.53 bits per heavy atom. The molecule has 160 valence electrons. The summed E-state index contributed by atoms with van der Waals surface area (Å²) in [5.74, 6) is -0.279. The van der Waals surface area contributed by atoms with E-state index in [1.54, 1.807) is 36.2 Å². The standard InChI is InChI=1S/C27H25N3O2/c1-30(19-20-9-3-2-4-10-20)27(32)22-13-7-14-23(17-22)29-26(31)18-28-25-16-8-12-21-11-5-6-15-24(21)25/h2-17,28H,18-19H2,1H3,(H,29,31). The number of carbonyl (C=O) groups is 2. The number of amides is 2. The van der Waals surface area contributed by atoms with Crippen molar-refractivity contribution in [3.05, 3.63) is 108 Å². The van der Waals surface area contributed by atoms with Gasteiger partial charge in [0.25, 0.3) is 5.91 Å². The average molecular weight is 424 g/mol. The van der Waals surface area contributed by atoms with Crippen LogP contribution in [0.5, 0.6) is 0 Å². The number of nitrogens with zero attached hydrogens (tertiary/aromatic N) is 1. The molecule has 0 saturated heterocycles. The van der Waals surface area contributed by atoms with Gasteiger partial charge in [-0.1, -0.05) is 72.8 Å². The van der Waals surface area contributed by atoms with Crippen molar-refractivity contribution in [2.45, 2.75) is 6.54 Å². The van der Waals surface area contributed by atoms with E-state index >= 15 is 0 Å². The predicted octanol–water partition coefficient (Wildman–Crippen LogP) is 5.16. The Hall–Kier alpha value is -4.12. The van der Waals surface area contributed by atoms with Gasteiger partial charge in [0, 0.05) is 35.9 Å². The van der Waals surface area contributed by atoms with Crippen LogP contribution in [0.4, 0.5) is 11.4 Å². The van der Waals surface area contributed by atoms with Gasteiger partial charge in [-0.05, 0) is 35.2 Å². The molecule has 2 amide bonds. The fourth-order valence-corrected chi connectivity index (χ4v) is 3.64. The molecule has 5 nitrogen and oxygen atoms in total. The van der Waals surface area contributed by atoms with Gasteiger partial charge in [0.15, 0.2) is 0 Å². The predicted molar refractivity (Wildman–Crippen MR) is 130 cm³/mol. The zero-order valence-electron chi connectivity index (χ0n) is 17.9. The SMILES string of the molecule is CN(Cc1ccccc1)C(=O)c1cccc(NC(=O)CNc2cccc3ccccc23)c1. The molecule has 4 aromatic carbocycles. The van der Waals surface area contributed by atoms with Crippen LogP contribution in [0.15, 0.2) is 97.1 Å². The molecule has 5 heteroatoms. The van der Waals surface area contributed by atoms with Crippen LogP contribution in [0.25, 0.3) is 10.8 Å². The Kier molecular flexibility index (Phi) is 6.46. The summed E-state index contributed by atoms with van der Waals surface area (Å²) < 4.78 is 0. The minimum absolute atomic E-state index is 0.0983. The molecular weight excluding hydrogens is 398 g/mol. The normalized spacial score (nSPS) is 10.5. The molecule has 0 unspecified atom stereocenters. The molecular formula is C27H25N3O2. The van der Waals surface area contributed by atoms with E-state index in [0.717, 1.165) is 22.0 Å². The van der Waals surface area contributed by atoms with Gasteiger partial charge >= 0.3 is 0 Å². The fraction of sp³-hybridized carbons (Fsp3) is 0.111. The molecule has 4 rings (SSSR count). The zero-order chi connectivity index (χ0) is 22.3. The van der Waals surface area contributed by atoms with Crippen molar-refractivity contribution in [3.63, 3.8) is 0 Å². The summed E-state index contributed by atoms with van der Waals surface area (Å²) in [7, 11) is 1.77. The van der Waals surface area contributed by atoms with Gasteiger partial charge in [-0.15, -0.1) is 0 Å². The molecule has 0 spiro atoms. The first-order valence-corrected chi connectivity index (χ1v) is 10.5. The van der Waals surface area contributed by atoms with E-state index in [9.17, 15) is 9.59 Å². The largest absolute Gasteiger partial charge is 0.376 e. The third-order valence-corrected chi connectivity index (χ3v) is 5.23. The Balaban J connectivity index is 1.37. The number of rotatable bonds is 7. The van der Waals surface area contributed by atoms with Crippen molar-refractivity contribution < 1.29 is 9.59 Å². The summed E-state index contributed by atoms with van der Waals surface area (Å²) in [6, 6.07) is 30.9. The quantitative estimate of drug-likeness (QED) is 0.431. The van der Waals surface area contributed by atoms with Crippen molar-refractivity contribution >= 4 is 34.0 Å². The van der Waals surface area contributed by atoms with Crippen molar-refractivity contribution in [1.29, 1.82) is 0 Å². The van der Waals surface area contributed by atoms with Crippen molar-refractivity contribution in [2.24, 2.45) is 0 Å². The van der Waals surface area contributed by atoms with E-state index < -0.39 is 0 Å². The first kappa shape index (κ1) is 21.1. The first-order valence-electron chi connectivity index (χ1n) is 10.5. The van der Waals surface area contributed by atoms with Gasteiger partial charge in [0.05, 0.1) is 6.54 Å². The van der Waals surface area contributed by atoms with Crippen molar-refractivity contribution in [3.8, 4) is 0 Å². The van der Waals surface area contributed by atoms with Gasteiger partial charge in [0.2, 0.25) is 5.91 Å². The Labute approximate surface area is 187 Å². The molecule has 0 saturated carbocycles. The maximum atomic E-state index is 12.8. The highest BCUT2D eigenvalue weighted by atomic mass is 16.2. The molecule has 0 atom stereocenters. The number of fused-ring (bicyclic) bond motifs is 1. The van der Waals surface area contributed by atoms with E-state index in [1.807, 2.05) is 72.8 Å². The van der Waals surface area contributed by atoms with E-state index in [4.69, 9.17) is 0 Å². The minimum Gasteiger partial charge on any atom is -0.376 e. The maximum Gasteiger partial charge on any atom is 0.253 e. The summed E-state index contributed by atoms with van der Waals surface area (Å²) in [6.45, 7) is 0.644. The second-order valence-electron chi connectivity index (χ2n) is 7.66. The second kappa shape index (κ2) is 9.79. The van der Waals surface area contributed by atoms with Gasteiger partial charge in [-0.2, -0.15) is 0 Å². The smallest absolute Gasteiger partial charge is 0.253 e. The molecule has 4 aromatic rings. The lowest BCUT2D eigenvalue weighted by Crippen LogP contribution is -2.26. The molecule has 0 bridgehead atoms. The van der Waals surface area contributed by atoms with Crippen LogP contribution in [0.1, 0.15) is 15.9 Å².